The molecule has 156 valence electrons. The number of alkyl halides is 2. The van der Waals surface area contributed by atoms with Gasteiger partial charge in [-0.3, -0.25) is 4.79 Å². The predicted molar refractivity (Wildman–Crippen MR) is 103 cm³/mol. The van der Waals surface area contributed by atoms with Crippen molar-refractivity contribution in [1.29, 1.82) is 0 Å². The normalized spacial score (nSPS) is 11.2. The van der Waals surface area contributed by atoms with Crippen LogP contribution in [-0.2, 0) is 9.63 Å². The van der Waals surface area contributed by atoms with Gasteiger partial charge in [-0.15, -0.1) is 0 Å². The minimum absolute atomic E-state index is 0.0465. The van der Waals surface area contributed by atoms with Gasteiger partial charge in [0.2, 0.25) is 0 Å². The van der Waals surface area contributed by atoms with Crippen LogP contribution in [0.4, 0.5) is 14.5 Å². The van der Waals surface area contributed by atoms with Gasteiger partial charge in [-0.25, -0.2) is 0 Å². The number of aryl methyl sites for hydroxylation is 1. The van der Waals surface area contributed by atoms with Gasteiger partial charge in [0.25, 0.3) is 5.91 Å². The number of amides is 1. The Morgan fingerprint density at radius 1 is 1.10 bits per heavy atom. The van der Waals surface area contributed by atoms with Crippen molar-refractivity contribution in [1.82, 2.24) is 0 Å². The predicted octanol–water partition coefficient (Wildman–Crippen LogP) is 2.89. The van der Waals surface area contributed by atoms with Crippen LogP contribution in [0.3, 0.4) is 0 Å². The van der Waals surface area contributed by atoms with Gasteiger partial charge in [0.1, 0.15) is 5.75 Å². The van der Waals surface area contributed by atoms with E-state index in [4.69, 9.17) is 20.0 Å². The van der Waals surface area contributed by atoms with Crippen molar-refractivity contribution in [3.8, 4) is 17.2 Å². The molecule has 0 aliphatic heterocycles. The van der Waals surface area contributed by atoms with Crippen molar-refractivity contribution in [2.24, 2.45) is 10.9 Å². The van der Waals surface area contributed by atoms with Gasteiger partial charge in [0.15, 0.2) is 23.9 Å². The molecular weight excluding hydrogens is 388 g/mol. The van der Waals surface area contributed by atoms with Crippen LogP contribution in [0.1, 0.15) is 11.1 Å². The number of nitrogens with two attached hydrogens (primary N) is 1. The summed E-state index contributed by atoms with van der Waals surface area (Å²) < 4.78 is 39.3. The number of nitrogens with one attached hydrogen (secondary N) is 1. The summed E-state index contributed by atoms with van der Waals surface area (Å²) in [7, 11) is 2.79. The summed E-state index contributed by atoms with van der Waals surface area (Å²) in [6, 6.07) is 9.36. The number of hydrogen-bond acceptors (Lipinski definition) is 6. The molecule has 0 spiro atoms. The third-order valence-corrected chi connectivity index (χ3v) is 3.66. The first-order valence-electron chi connectivity index (χ1n) is 8.37. The van der Waals surface area contributed by atoms with Crippen LogP contribution in [0.5, 0.6) is 17.2 Å². The molecule has 0 radical (unpaired) electrons. The Labute approximate surface area is 166 Å². The quantitative estimate of drug-likeness (QED) is 0.375. The van der Waals surface area contributed by atoms with E-state index in [0.29, 0.717) is 17.0 Å². The lowest BCUT2D eigenvalue weighted by molar-refractivity contribution is -0.120. The van der Waals surface area contributed by atoms with E-state index in [1.807, 2.05) is 13.0 Å². The Kier molecular flexibility index (Phi) is 7.58. The second kappa shape index (κ2) is 10.1. The molecule has 1 amide bonds. The highest BCUT2D eigenvalue weighted by atomic mass is 19.3. The first kappa shape index (κ1) is 21.7. The number of oxime groups is 1. The van der Waals surface area contributed by atoms with E-state index in [9.17, 15) is 13.6 Å². The van der Waals surface area contributed by atoms with Crippen LogP contribution in [0, 0.1) is 6.92 Å². The summed E-state index contributed by atoms with van der Waals surface area (Å²) >= 11 is 0. The molecular formula is C19H21F2N3O5. The summed E-state index contributed by atoms with van der Waals surface area (Å²) in [5.41, 5.74) is 7.58. The smallest absolute Gasteiger partial charge is 0.387 e. The van der Waals surface area contributed by atoms with E-state index in [1.165, 1.54) is 32.4 Å². The van der Waals surface area contributed by atoms with Crippen molar-refractivity contribution in [3.63, 3.8) is 0 Å². The highest BCUT2D eigenvalue weighted by Crippen LogP contribution is 2.29. The fourth-order valence-corrected chi connectivity index (χ4v) is 2.34. The first-order valence-corrected chi connectivity index (χ1v) is 8.37. The summed E-state index contributed by atoms with van der Waals surface area (Å²) in [5, 5.41) is 6.31. The number of nitrogens with zero attached hydrogens (tertiary/aromatic N) is 1. The first-order chi connectivity index (χ1) is 13.8. The number of methoxy groups -OCH3 is 2. The van der Waals surface area contributed by atoms with Gasteiger partial charge < -0.3 is 30.1 Å². The van der Waals surface area contributed by atoms with E-state index >= 15 is 0 Å². The number of anilines is 1. The molecule has 0 aliphatic rings. The van der Waals surface area contributed by atoms with Crippen LogP contribution in [-0.4, -0.2) is 39.2 Å². The Morgan fingerprint density at radius 2 is 1.79 bits per heavy atom. The molecule has 2 aromatic rings. The molecule has 0 aliphatic carbocycles. The van der Waals surface area contributed by atoms with E-state index in [0.717, 1.165) is 5.56 Å². The zero-order chi connectivity index (χ0) is 21.4. The fourth-order valence-electron chi connectivity index (χ4n) is 2.34. The van der Waals surface area contributed by atoms with E-state index in [-0.39, 0.29) is 17.3 Å². The summed E-state index contributed by atoms with van der Waals surface area (Å²) in [4.78, 5) is 17.0. The van der Waals surface area contributed by atoms with Crippen molar-refractivity contribution in [2.75, 3.05) is 26.1 Å². The number of hydrogen-bond donors (Lipinski definition) is 2. The topological polar surface area (TPSA) is 104 Å². The number of benzene rings is 2. The molecule has 10 heteroatoms. The van der Waals surface area contributed by atoms with Gasteiger partial charge >= 0.3 is 6.61 Å². The molecule has 0 fully saturated rings. The molecule has 0 atom stereocenters. The van der Waals surface area contributed by atoms with E-state index < -0.39 is 19.1 Å². The monoisotopic (exact) mass is 409 g/mol. The molecule has 0 bridgehead atoms. The zero-order valence-electron chi connectivity index (χ0n) is 16.1. The maximum atomic E-state index is 12.4. The minimum Gasteiger partial charge on any atom is -0.495 e. The Hall–Kier alpha value is -3.56. The minimum atomic E-state index is -2.99. The fraction of sp³-hybridized carbons (Fsp3) is 0.263. The molecule has 8 nitrogen and oxygen atoms in total. The average Bonchev–Trinajstić information content (AvgIpc) is 2.68. The number of rotatable bonds is 9. The van der Waals surface area contributed by atoms with Crippen LogP contribution >= 0.6 is 0 Å². The van der Waals surface area contributed by atoms with Gasteiger partial charge in [-0.1, -0.05) is 11.2 Å². The number of carbonyl (C=O) groups excluding carboxylic acids is 1. The van der Waals surface area contributed by atoms with Gasteiger partial charge in [-0.05, 0) is 42.8 Å². The molecule has 0 saturated heterocycles. The second-order valence-electron chi connectivity index (χ2n) is 5.75. The number of ether oxygens (including phenoxy) is 3. The van der Waals surface area contributed by atoms with Crippen LogP contribution in [0.2, 0.25) is 0 Å². The Bertz CT molecular complexity index is 890. The van der Waals surface area contributed by atoms with Crippen molar-refractivity contribution >= 4 is 17.4 Å². The average molecular weight is 409 g/mol. The summed E-state index contributed by atoms with van der Waals surface area (Å²) in [6.45, 7) is -1.51. The lowest BCUT2D eigenvalue weighted by atomic mass is 10.2. The van der Waals surface area contributed by atoms with Gasteiger partial charge in [-0.2, -0.15) is 8.78 Å². The van der Waals surface area contributed by atoms with Crippen LogP contribution in [0.15, 0.2) is 41.6 Å². The van der Waals surface area contributed by atoms with E-state index in [2.05, 4.69) is 15.2 Å². The Balaban J connectivity index is 1.99. The maximum Gasteiger partial charge on any atom is 0.387 e. The Morgan fingerprint density at radius 3 is 2.45 bits per heavy atom. The van der Waals surface area contributed by atoms with Crippen molar-refractivity contribution < 1.29 is 32.6 Å². The summed E-state index contributed by atoms with van der Waals surface area (Å²) in [5.74, 6) is -0.140. The molecule has 0 saturated carbocycles. The number of carbonyl (C=O) groups is 1. The number of halogens is 2. The number of amidine groups is 1. The third kappa shape index (κ3) is 6.23. The van der Waals surface area contributed by atoms with Gasteiger partial charge in [0, 0.05) is 5.56 Å². The molecule has 0 heterocycles. The van der Waals surface area contributed by atoms with Crippen LogP contribution in [0.25, 0.3) is 0 Å². The molecule has 0 unspecified atom stereocenters. The maximum absolute atomic E-state index is 12.4. The second-order valence-corrected chi connectivity index (χ2v) is 5.75. The highest BCUT2D eigenvalue weighted by Gasteiger charge is 2.13. The lowest BCUT2D eigenvalue weighted by Gasteiger charge is -2.11. The van der Waals surface area contributed by atoms with E-state index in [1.54, 1.807) is 12.1 Å². The molecule has 29 heavy (non-hydrogen) atoms. The third-order valence-electron chi connectivity index (χ3n) is 3.66. The van der Waals surface area contributed by atoms with Crippen molar-refractivity contribution in [2.45, 2.75) is 13.5 Å². The standard InChI is InChI=1S/C19H21F2N3O5/c1-11-4-6-14(26-2)13(8-11)23-17(25)10-28-24-18(22)12-5-7-15(29-19(20)21)16(9-12)27-3/h4-9,19H,10H2,1-3H3,(H2,22,24)(H,23,25). The van der Waals surface area contributed by atoms with Gasteiger partial charge in [0.05, 0.1) is 19.9 Å². The largest absolute Gasteiger partial charge is 0.495 e. The molecule has 2 aromatic carbocycles. The van der Waals surface area contributed by atoms with Crippen LogP contribution < -0.4 is 25.3 Å². The molecule has 2 rings (SSSR count). The molecule has 0 aromatic heterocycles. The SMILES string of the molecule is COc1ccc(C)cc1NC(=O)CO/N=C(/N)c1ccc(OC(F)F)c(OC)c1. The lowest BCUT2D eigenvalue weighted by Crippen LogP contribution is -2.20. The summed E-state index contributed by atoms with van der Waals surface area (Å²) in [6.07, 6.45) is 0. The highest BCUT2D eigenvalue weighted by molar-refractivity contribution is 5.98. The zero-order valence-corrected chi connectivity index (χ0v) is 16.1. The molecule has 3 N–H and O–H groups in total. The van der Waals surface area contributed by atoms with Crippen molar-refractivity contribution in [3.05, 3.63) is 47.5 Å².